The van der Waals surface area contributed by atoms with E-state index in [0.717, 1.165) is 55.5 Å². The fraction of sp³-hybridized carbons (Fsp3) is 0.0870. The van der Waals surface area contributed by atoms with Crippen LogP contribution in [0.4, 0.5) is 0 Å². The molecule has 0 spiro atoms. The van der Waals surface area contributed by atoms with Crippen molar-refractivity contribution in [2.75, 3.05) is 0 Å². The van der Waals surface area contributed by atoms with Gasteiger partial charge in [-0.15, -0.1) is 29.7 Å². The van der Waals surface area contributed by atoms with Gasteiger partial charge in [0.1, 0.15) is 5.82 Å². The van der Waals surface area contributed by atoms with E-state index >= 15 is 0 Å². The van der Waals surface area contributed by atoms with Crippen molar-refractivity contribution in [1.82, 2.24) is 18.7 Å². The van der Waals surface area contributed by atoms with Crippen molar-refractivity contribution in [3.05, 3.63) is 170 Å². The number of ether oxygens (including phenoxy) is 1. The molecule has 52 heavy (non-hydrogen) atoms. The first kappa shape index (κ1) is 33.4. The summed E-state index contributed by atoms with van der Waals surface area (Å²) in [5.41, 5.74) is 9.65. The summed E-state index contributed by atoms with van der Waals surface area (Å²) >= 11 is 0. The molecule has 9 aromatic rings. The molecule has 0 fully saturated rings. The Bertz CT molecular complexity index is 2720. The third kappa shape index (κ3) is 5.91. The van der Waals surface area contributed by atoms with Gasteiger partial charge in [0.2, 0.25) is 0 Å². The number of pyridine rings is 1. The fourth-order valence-electron chi connectivity index (χ4n) is 7.08. The number of para-hydroxylation sites is 3. The quantitative estimate of drug-likeness (QED) is 0.156. The van der Waals surface area contributed by atoms with E-state index in [1.807, 2.05) is 30.5 Å². The Morgan fingerprint density at radius 1 is 0.596 bits per heavy atom. The SMILES string of the molecule is CC(C)(C)n1[cH+]n(-c2[c-]c(Oc3[c-]c4c(cc3)c3ccccc3n4-c3cc(-c4ccccc4-c4ccccc4)ccn3)ccc2)c2ccccc21.[Pt]. The summed E-state index contributed by atoms with van der Waals surface area (Å²) in [6, 6.07) is 57.4. The maximum absolute atomic E-state index is 6.51. The Labute approximate surface area is 317 Å². The number of nitrogens with zero attached hydrogens (tertiary/aromatic N) is 4. The van der Waals surface area contributed by atoms with Crippen molar-refractivity contribution in [3.63, 3.8) is 0 Å². The second-order valence-corrected chi connectivity index (χ2v) is 13.8. The van der Waals surface area contributed by atoms with Gasteiger partial charge in [-0.05, 0) is 78.7 Å². The van der Waals surface area contributed by atoms with Gasteiger partial charge in [0.05, 0.1) is 5.54 Å². The zero-order valence-corrected chi connectivity index (χ0v) is 31.3. The molecular formula is C46H35N4OPt-. The third-order valence-corrected chi connectivity index (χ3v) is 9.44. The molecule has 3 aromatic heterocycles. The monoisotopic (exact) mass is 854 g/mol. The summed E-state index contributed by atoms with van der Waals surface area (Å²) < 4.78 is 13.2. The van der Waals surface area contributed by atoms with Gasteiger partial charge >= 0.3 is 0 Å². The Balaban J connectivity index is 0.00000387. The fourth-order valence-corrected chi connectivity index (χ4v) is 7.08. The number of rotatable bonds is 6. The molecule has 6 heteroatoms. The Kier molecular flexibility index (Phi) is 8.61. The third-order valence-electron chi connectivity index (χ3n) is 9.44. The van der Waals surface area contributed by atoms with Gasteiger partial charge in [0.25, 0.3) is 0 Å². The molecule has 0 saturated heterocycles. The maximum atomic E-state index is 6.51. The van der Waals surface area contributed by atoms with Gasteiger partial charge in [-0.25, -0.2) is 14.1 Å². The second kappa shape index (κ2) is 13.4. The standard InChI is InChI=1S/C46H35N4O.Pt/c1-46(2,3)49-31-48(42-22-11-12-23-43(42)49)34-16-13-17-35(29-34)51-36-24-25-40-39-20-9-10-21-41(39)50(44(40)30-36)45-28-33(26-27-47-45)38-19-8-7-18-37(38)32-14-5-4-6-15-32;/h4-28,31H,1-3H3;/q-1;. The van der Waals surface area contributed by atoms with E-state index in [9.17, 15) is 0 Å². The van der Waals surface area contributed by atoms with Crippen LogP contribution in [-0.4, -0.2) is 18.7 Å². The molecule has 0 bridgehead atoms. The van der Waals surface area contributed by atoms with E-state index in [2.05, 4.69) is 174 Å². The van der Waals surface area contributed by atoms with Crippen LogP contribution in [0.1, 0.15) is 20.8 Å². The summed E-state index contributed by atoms with van der Waals surface area (Å²) in [6.07, 6.45) is 4.04. The van der Waals surface area contributed by atoms with Gasteiger partial charge in [-0.1, -0.05) is 84.4 Å². The van der Waals surface area contributed by atoms with Crippen LogP contribution in [0.15, 0.2) is 158 Å². The van der Waals surface area contributed by atoms with Gasteiger partial charge < -0.3 is 9.30 Å². The van der Waals surface area contributed by atoms with Gasteiger partial charge in [0, 0.05) is 62.1 Å². The number of fused-ring (bicyclic) bond motifs is 4. The summed E-state index contributed by atoms with van der Waals surface area (Å²) in [4.78, 5) is 4.90. The van der Waals surface area contributed by atoms with Gasteiger partial charge in [-0.2, -0.15) is 12.1 Å². The minimum absolute atomic E-state index is 0. The van der Waals surface area contributed by atoms with Crippen LogP contribution in [0.3, 0.4) is 0 Å². The predicted molar refractivity (Wildman–Crippen MR) is 208 cm³/mol. The minimum atomic E-state index is -0.0819. The number of benzene rings is 6. The van der Waals surface area contributed by atoms with E-state index < -0.39 is 0 Å². The number of imidazole rings is 1. The molecule has 0 atom stereocenters. The molecule has 256 valence electrons. The van der Waals surface area contributed by atoms with E-state index in [-0.39, 0.29) is 26.6 Å². The summed E-state index contributed by atoms with van der Waals surface area (Å²) in [6.45, 7) is 6.65. The molecular weight excluding hydrogens is 820 g/mol. The molecule has 3 heterocycles. The van der Waals surface area contributed by atoms with E-state index in [0.29, 0.717) is 11.5 Å². The van der Waals surface area contributed by atoms with Crippen LogP contribution in [0.5, 0.6) is 11.5 Å². The molecule has 0 unspecified atom stereocenters. The van der Waals surface area contributed by atoms with Crippen LogP contribution < -0.4 is 4.74 Å². The number of hydrogen-bond acceptors (Lipinski definition) is 2. The van der Waals surface area contributed by atoms with Crippen LogP contribution >= 0.6 is 0 Å². The average molecular weight is 855 g/mol. The normalized spacial score (nSPS) is 11.6. The molecule has 6 aromatic carbocycles. The van der Waals surface area contributed by atoms with Crippen molar-refractivity contribution in [1.29, 1.82) is 0 Å². The summed E-state index contributed by atoms with van der Waals surface area (Å²) in [7, 11) is 0. The summed E-state index contributed by atoms with van der Waals surface area (Å²) in [5, 5.41) is 2.21. The average Bonchev–Trinajstić information content (AvgIpc) is 3.72. The molecule has 9 rings (SSSR count). The van der Waals surface area contributed by atoms with Crippen LogP contribution in [0.2, 0.25) is 0 Å². The molecule has 0 aliphatic heterocycles. The zero-order chi connectivity index (χ0) is 34.5. The molecule has 0 aliphatic carbocycles. The molecule has 0 amide bonds. The number of hydrogen-bond donors (Lipinski definition) is 0. The second-order valence-electron chi connectivity index (χ2n) is 13.8. The van der Waals surface area contributed by atoms with E-state index in [1.54, 1.807) is 0 Å². The Hall–Kier alpha value is -5.77. The molecule has 0 radical (unpaired) electrons. The predicted octanol–water partition coefficient (Wildman–Crippen LogP) is 11.7. The van der Waals surface area contributed by atoms with Crippen LogP contribution in [-0.2, 0) is 26.6 Å². The van der Waals surface area contributed by atoms with Crippen molar-refractivity contribution < 1.29 is 25.8 Å². The van der Waals surface area contributed by atoms with Crippen molar-refractivity contribution in [3.8, 4) is 45.3 Å². The van der Waals surface area contributed by atoms with Gasteiger partial charge in [0.15, 0.2) is 17.4 Å². The smallest absolute Gasteiger partial charge is 0.188 e. The van der Waals surface area contributed by atoms with Crippen molar-refractivity contribution in [2.24, 2.45) is 0 Å². The zero-order valence-electron chi connectivity index (χ0n) is 29.0. The van der Waals surface area contributed by atoms with E-state index in [4.69, 9.17) is 9.72 Å². The summed E-state index contributed by atoms with van der Waals surface area (Å²) in [5.74, 6) is 2.03. The molecule has 0 saturated carbocycles. The largest absolute Gasteiger partial charge is 0.508 e. The Morgan fingerprint density at radius 3 is 2.06 bits per heavy atom. The first-order chi connectivity index (χ1) is 24.9. The topological polar surface area (TPSA) is 36.9 Å². The minimum Gasteiger partial charge on any atom is -0.508 e. The van der Waals surface area contributed by atoms with Gasteiger partial charge in [-0.3, -0.25) is 0 Å². The number of aromatic nitrogens is 4. The van der Waals surface area contributed by atoms with Crippen LogP contribution in [0, 0.1) is 12.1 Å². The van der Waals surface area contributed by atoms with Crippen LogP contribution in [0.25, 0.3) is 66.6 Å². The molecule has 0 aliphatic rings. The van der Waals surface area contributed by atoms with Crippen molar-refractivity contribution in [2.45, 2.75) is 26.3 Å². The van der Waals surface area contributed by atoms with E-state index in [1.165, 1.54) is 11.1 Å². The maximum Gasteiger partial charge on any atom is 0.188 e. The molecule has 0 N–H and O–H groups in total. The first-order valence-corrected chi connectivity index (χ1v) is 17.2. The van der Waals surface area contributed by atoms with Crippen molar-refractivity contribution >= 4 is 32.8 Å². The molecule has 5 nitrogen and oxygen atoms in total. The Morgan fingerprint density at radius 2 is 1.27 bits per heavy atom. The first-order valence-electron chi connectivity index (χ1n) is 17.2.